The molecule has 0 fully saturated rings. The lowest BCUT2D eigenvalue weighted by Crippen LogP contribution is -2.36. The number of hydrogen-bond donors (Lipinski definition) is 1. The normalized spacial score (nSPS) is 13.5. The van der Waals surface area contributed by atoms with Crippen LogP contribution in [0.1, 0.15) is 26.8 Å². The van der Waals surface area contributed by atoms with Crippen molar-refractivity contribution >= 4 is 39.7 Å². The molecule has 2 aromatic carbocycles. The van der Waals surface area contributed by atoms with Crippen LogP contribution in [-0.2, 0) is 19.6 Å². The number of benzene rings is 2. The number of rotatable bonds is 4. The highest BCUT2D eigenvalue weighted by atomic mass is 35.5. The van der Waals surface area contributed by atoms with E-state index in [9.17, 15) is 4.79 Å². The van der Waals surface area contributed by atoms with Gasteiger partial charge in [0.25, 0.3) is 5.91 Å². The Balaban J connectivity index is 1.28. The van der Waals surface area contributed by atoms with Crippen molar-refractivity contribution in [3.8, 4) is 5.75 Å². The average Bonchev–Trinajstić information content (AvgIpc) is 3.37. The zero-order valence-electron chi connectivity index (χ0n) is 15.5. The third-order valence-corrected chi connectivity index (χ3v) is 6.19. The summed E-state index contributed by atoms with van der Waals surface area (Å²) in [5, 5.41) is 4.44. The molecule has 0 saturated carbocycles. The van der Waals surface area contributed by atoms with E-state index in [2.05, 4.69) is 22.1 Å². The summed E-state index contributed by atoms with van der Waals surface area (Å²) in [7, 11) is 0. The molecule has 0 atom stereocenters. The quantitative estimate of drug-likeness (QED) is 0.499. The van der Waals surface area contributed by atoms with E-state index in [1.54, 1.807) is 12.1 Å². The van der Waals surface area contributed by atoms with Gasteiger partial charge in [0.15, 0.2) is 0 Å². The van der Waals surface area contributed by atoms with Crippen LogP contribution in [0.3, 0.4) is 0 Å². The Kier molecular flexibility index (Phi) is 4.73. The fourth-order valence-electron chi connectivity index (χ4n) is 3.65. The Morgan fingerprint density at radius 2 is 2.03 bits per heavy atom. The van der Waals surface area contributed by atoms with E-state index < -0.39 is 0 Å². The fourth-order valence-corrected chi connectivity index (χ4v) is 4.46. The number of thiazole rings is 1. The molecule has 5 nitrogen and oxygen atoms in total. The average molecular weight is 424 g/mol. The summed E-state index contributed by atoms with van der Waals surface area (Å²) in [5.41, 5.74) is 4.04. The number of amides is 1. The van der Waals surface area contributed by atoms with Gasteiger partial charge in [0.05, 0.1) is 0 Å². The molecule has 1 amide bonds. The van der Waals surface area contributed by atoms with Gasteiger partial charge in [-0.15, -0.1) is 11.3 Å². The summed E-state index contributed by atoms with van der Waals surface area (Å²) in [6.45, 7) is 1.62. The lowest BCUT2D eigenvalue weighted by atomic mass is 10.0. The molecule has 0 bridgehead atoms. The minimum atomic E-state index is -0.0325. The molecule has 0 spiro atoms. The number of aromatic amines is 1. The lowest BCUT2D eigenvalue weighted by molar-refractivity contribution is 0.0729. The summed E-state index contributed by atoms with van der Waals surface area (Å²) in [5.74, 6) is 0.690. The van der Waals surface area contributed by atoms with Gasteiger partial charge in [-0.3, -0.25) is 4.79 Å². The second-order valence-electron chi connectivity index (χ2n) is 6.97. The Labute approximate surface area is 176 Å². The van der Waals surface area contributed by atoms with Crippen LogP contribution < -0.4 is 4.74 Å². The molecule has 0 aliphatic carbocycles. The summed E-state index contributed by atoms with van der Waals surface area (Å²) in [6.07, 6.45) is 0.826. The van der Waals surface area contributed by atoms with Gasteiger partial charge in [0, 0.05) is 52.1 Å². The maximum absolute atomic E-state index is 13.0. The van der Waals surface area contributed by atoms with Gasteiger partial charge in [-0.05, 0) is 30.3 Å². The molecular formula is C22H18ClN3O2S. The number of carbonyl (C=O) groups excluding carboxylic acids is 1. The van der Waals surface area contributed by atoms with Crippen molar-refractivity contribution in [2.24, 2.45) is 0 Å². The summed E-state index contributed by atoms with van der Waals surface area (Å²) < 4.78 is 5.73. The van der Waals surface area contributed by atoms with Crippen LogP contribution in [0.25, 0.3) is 10.9 Å². The monoisotopic (exact) mass is 423 g/mol. The topological polar surface area (TPSA) is 58.2 Å². The number of ether oxygens (including phenoxy) is 1. The van der Waals surface area contributed by atoms with E-state index in [0.717, 1.165) is 22.7 Å². The van der Waals surface area contributed by atoms with Gasteiger partial charge < -0.3 is 14.6 Å². The van der Waals surface area contributed by atoms with Gasteiger partial charge in [0.2, 0.25) is 0 Å². The number of halogens is 1. The Morgan fingerprint density at radius 3 is 2.90 bits per heavy atom. The predicted octanol–water partition coefficient (Wildman–Crippen LogP) is 5.06. The first-order valence-corrected chi connectivity index (χ1v) is 10.6. The van der Waals surface area contributed by atoms with Gasteiger partial charge in [0.1, 0.15) is 23.1 Å². The third kappa shape index (κ3) is 3.61. The first kappa shape index (κ1) is 18.2. The minimum absolute atomic E-state index is 0.0325. The summed E-state index contributed by atoms with van der Waals surface area (Å²) in [6, 6.07) is 15.4. The maximum Gasteiger partial charge on any atom is 0.273 e. The zero-order chi connectivity index (χ0) is 19.8. The molecule has 1 aliphatic heterocycles. The van der Waals surface area contributed by atoms with Crippen LogP contribution in [0.15, 0.2) is 53.9 Å². The fraction of sp³-hybridized carbons (Fsp3) is 0.182. The SMILES string of the molecule is O=C(c1csc(COc2ccc(Cl)cc2)n1)N1CCc2[nH]c3ccccc3c2C1. The molecule has 7 heteroatoms. The van der Waals surface area contributed by atoms with Gasteiger partial charge in [-0.2, -0.15) is 0 Å². The Bertz CT molecular complexity index is 1180. The second-order valence-corrected chi connectivity index (χ2v) is 8.35. The highest BCUT2D eigenvalue weighted by Gasteiger charge is 2.26. The summed E-state index contributed by atoms with van der Waals surface area (Å²) >= 11 is 7.33. The van der Waals surface area contributed by atoms with Crippen molar-refractivity contribution in [3.63, 3.8) is 0 Å². The molecular weight excluding hydrogens is 406 g/mol. The molecule has 2 aromatic heterocycles. The largest absolute Gasteiger partial charge is 0.486 e. The molecule has 3 heterocycles. The zero-order valence-corrected chi connectivity index (χ0v) is 17.1. The summed E-state index contributed by atoms with van der Waals surface area (Å²) in [4.78, 5) is 22.8. The molecule has 1 N–H and O–H groups in total. The Hall–Kier alpha value is -2.83. The van der Waals surface area contributed by atoms with Gasteiger partial charge in [-0.25, -0.2) is 4.98 Å². The van der Waals surface area contributed by atoms with Crippen LogP contribution in [0.4, 0.5) is 0 Å². The van der Waals surface area contributed by atoms with Crippen LogP contribution in [0.2, 0.25) is 5.02 Å². The lowest BCUT2D eigenvalue weighted by Gasteiger charge is -2.26. The number of fused-ring (bicyclic) bond motifs is 3. The van der Waals surface area contributed by atoms with Gasteiger partial charge in [-0.1, -0.05) is 29.8 Å². The number of hydrogen-bond acceptors (Lipinski definition) is 4. The van der Waals surface area contributed by atoms with E-state index in [4.69, 9.17) is 16.3 Å². The first-order valence-electron chi connectivity index (χ1n) is 9.38. The molecule has 29 heavy (non-hydrogen) atoms. The molecule has 0 unspecified atom stereocenters. The molecule has 5 rings (SSSR count). The van der Waals surface area contributed by atoms with E-state index in [-0.39, 0.29) is 5.91 Å². The van der Waals surface area contributed by atoms with E-state index in [1.807, 2.05) is 34.5 Å². The molecule has 0 saturated heterocycles. The van der Waals surface area contributed by atoms with Gasteiger partial charge >= 0.3 is 0 Å². The third-order valence-electron chi connectivity index (χ3n) is 5.12. The van der Waals surface area contributed by atoms with Crippen LogP contribution >= 0.6 is 22.9 Å². The Morgan fingerprint density at radius 1 is 1.21 bits per heavy atom. The van der Waals surface area contributed by atoms with Crippen molar-refractivity contribution in [1.29, 1.82) is 0 Å². The highest BCUT2D eigenvalue weighted by Crippen LogP contribution is 2.28. The number of H-pyrrole nitrogens is 1. The van der Waals surface area contributed by atoms with E-state index in [0.29, 0.717) is 30.4 Å². The molecule has 4 aromatic rings. The van der Waals surface area contributed by atoms with Crippen molar-refractivity contribution in [1.82, 2.24) is 14.9 Å². The molecule has 1 aliphatic rings. The van der Waals surface area contributed by atoms with Crippen molar-refractivity contribution in [2.45, 2.75) is 19.6 Å². The predicted molar refractivity (Wildman–Crippen MR) is 115 cm³/mol. The van der Waals surface area contributed by atoms with E-state index in [1.165, 1.54) is 28.0 Å². The van der Waals surface area contributed by atoms with Crippen LogP contribution in [0.5, 0.6) is 5.75 Å². The number of para-hydroxylation sites is 1. The number of nitrogens with one attached hydrogen (secondary N) is 1. The first-order chi connectivity index (χ1) is 14.2. The second kappa shape index (κ2) is 7.54. The van der Waals surface area contributed by atoms with Crippen molar-refractivity contribution in [3.05, 3.63) is 80.9 Å². The van der Waals surface area contributed by atoms with E-state index >= 15 is 0 Å². The number of carbonyl (C=O) groups is 1. The smallest absolute Gasteiger partial charge is 0.273 e. The number of aromatic nitrogens is 2. The molecule has 0 radical (unpaired) electrons. The number of nitrogens with zero attached hydrogens (tertiary/aromatic N) is 2. The van der Waals surface area contributed by atoms with Crippen molar-refractivity contribution in [2.75, 3.05) is 6.54 Å². The van der Waals surface area contributed by atoms with Crippen LogP contribution in [-0.4, -0.2) is 27.3 Å². The maximum atomic E-state index is 13.0. The molecule has 146 valence electrons. The van der Waals surface area contributed by atoms with Crippen molar-refractivity contribution < 1.29 is 9.53 Å². The highest BCUT2D eigenvalue weighted by molar-refractivity contribution is 7.09. The van der Waals surface area contributed by atoms with Crippen LogP contribution in [0, 0.1) is 0 Å². The minimum Gasteiger partial charge on any atom is -0.486 e. The standard InChI is InChI=1S/C22H18ClN3O2S/c23-14-5-7-15(8-6-14)28-12-21-25-20(13-29-21)22(27)26-10-9-19-17(11-26)16-3-1-2-4-18(16)24-19/h1-8,13,24H,9-12H2.